The number of carbonyl (C=O) groups excluding carboxylic acids is 1. The van der Waals surface area contributed by atoms with E-state index < -0.39 is 0 Å². The van der Waals surface area contributed by atoms with Crippen molar-refractivity contribution in [1.29, 1.82) is 0 Å². The summed E-state index contributed by atoms with van der Waals surface area (Å²) in [6, 6.07) is 15.3. The van der Waals surface area contributed by atoms with Crippen LogP contribution in [0.15, 0.2) is 86.0 Å². The molecule has 0 atom stereocenters. The average molecular weight is 440 g/mol. The van der Waals surface area contributed by atoms with Crippen molar-refractivity contribution in [2.45, 2.75) is 19.8 Å². The molecule has 0 spiro atoms. The zero-order valence-electron chi connectivity index (χ0n) is 14.7. The van der Waals surface area contributed by atoms with Crippen LogP contribution >= 0.6 is 34.9 Å². The lowest BCUT2D eigenvalue weighted by Crippen LogP contribution is -2.15. The maximum Gasteiger partial charge on any atom is 0.277 e. The average Bonchev–Trinajstić information content (AvgIpc) is 3.24. The highest BCUT2D eigenvalue weighted by molar-refractivity contribution is 7.99. The topological polar surface area (TPSA) is 67.8 Å². The van der Waals surface area contributed by atoms with Crippen molar-refractivity contribution in [3.8, 4) is 0 Å². The Morgan fingerprint density at radius 1 is 1.03 bits per heavy atom. The first-order chi connectivity index (χ1) is 14.2. The molecule has 143 valence electrons. The number of amides is 1. The minimum atomic E-state index is -0.374. The Labute approximate surface area is 178 Å². The molecule has 3 aromatic heterocycles. The van der Waals surface area contributed by atoms with Crippen molar-refractivity contribution in [3.63, 3.8) is 0 Å². The zero-order valence-corrected chi connectivity index (χ0v) is 17.2. The molecule has 9 heteroatoms. The van der Waals surface area contributed by atoms with Crippen LogP contribution in [0, 0.1) is 12.0 Å². The third-order valence-electron chi connectivity index (χ3n) is 3.55. The summed E-state index contributed by atoms with van der Waals surface area (Å²) in [6.45, 7) is 0. The lowest BCUT2D eigenvalue weighted by molar-refractivity contribution is 0.101. The Hall–Kier alpha value is -2.75. The van der Waals surface area contributed by atoms with Crippen LogP contribution in [0.3, 0.4) is 0 Å². The van der Waals surface area contributed by atoms with Gasteiger partial charge < -0.3 is 0 Å². The van der Waals surface area contributed by atoms with Crippen molar-refractivity contribution < 1.29 is 9.18 Å². The second-order valence-electron chi connectivity index (χ2n) is 5.56. The molecule has 0 aliphatic rings. The van der Waals surface area contributed by atoms with E-state index in [9.17, 15) is 9.18 Å². The molecule has 0 fully saturated rings. The first-order valence-corrected chi connectivity index (χ1v) is 10.8. The Bertz CT molecular complexity index is 1110. The molecule has 29 heavy (non-hydrogen) atoms. The summed E-state index contributed by atoms with van der Waals surface area (Å²) >= 11 is 3.98. The molecule has 1 N–H and O–H groups in total. The number of halogens is 1. The minimum Gasteiger partial charge on any atom is -0.296 e. The van der Waals surface area contributed by atoms with Crippen LogP contribution in [0.25, 0.3) is 0 Å². The fourth-order valence-corrected chi connectivity index (χ4v) is 4.40. The van der Waals surface area contributed by atoms with Crippen molar-refractivity contribution in [2.24, 2.45) is 0 Å². The molecule has 0 unspecified atom stereocenters. The van der Waals surface area contributed by atoms with Gasteiger partial charge in [0.2, 0.25) is 0 Å². The summed E-state index contributed by atoms with van der Waals surface area (Å²) < 4.78 is 13.2. The van der Waals surface area contributed by atoms with E-state index in [0.717, 1.165) is 9.92 Å². The molecular weight excluding hydrogens is 427 g/mol. The molecular formula is C20H12FN4OS3. The molecule has 1 amide bonds. The monoisotopic (exact) mass is 439 g/mol. The third kappa shape index (κ3) is 5.20. The summed E-state index contributed by atoms with van der Waals surface area (Å²) in [5.74, 6) is -0.686. The third-order valence-corrected chi connectivity index (χ3v) is 6.13. The Kier molecular flexibility index (Phi) is 6.18. The van der Waals surface area contributed by atoms with Gasteiger partial charge in [0.15, 0.2) is 5.13 Å². The second-order valence-corrected chi connectivity index (χ2v) is 8.57. The SMILES string of the molecule is O=C(Nc1n[c]cs1)c1nc(Sc2ccccn2)ccc1Sc1ccc(F)cc1. The van der Waals surface area contributed by atoms with Gasteiger partial charge in [-0.25, -0.2) is 19.3 Å². The molecule has 1 aromatic carbocycles. The molecule has 4 rings (SSSR count). The van der Waals surface area contributed by atoms with Crippen LogP contribution in [-0.2, 0) is 0 Å². The highest BCUT2D eigenvalue weighted by Crippen LogP contribution is 2.33. The number of benzene rings is 1. The predicted octanol–water partition coefficient (Wildman–Crippen LogP) is 5.43. The number of pyridine rings is 2. The van der Waals surface area contributed by atoms with Gasteiger partial charge in [-0.1, -0.05) is 29.6 Å². The van der Waals surface area contributed by atoms with Crippen LogP contribution < -0.4 is 5.32 Å². The molecule has 0 aliphatic carbocycles. The smallest absolute Gasteiger partial charge is 0.277 e. The largest absolute Gasteiger partial charge is 0.296 e. The van der Waals surface area contributed by atoms with Crippen molar-refractivity contribution in [2.75, 3.05) is 5.32 Å². The number of aromatic nitrogens is 3. The van der Waals surface area contributed by atoms with Gasteiger partial charge in [-0.15, -0.1) is 11.3 Å². The predicted molar refractivity (Wildman–Crippen MR) is 112 cm³/mol. The van der Waals surface area contributed by atoms with Crippen molar-refractivity contribution >= 4 is 45.9 Å². The molecule has 3 heterocycles. The van der Waals surface area contributed by atoms with Crippen molar-refractivity contribution in [1.82, 2.24) is 15.0 Å². The summed E-state index contributed by atoms with van der Waals surface area (Å²) in [5, 5.41) is 6.26. The number of rotatable bonds is 6. The fraction of sp³-hybridized carbons (Fsp3) is 0. The van der Waals surface area contributed by atoms with Crippen LogP contribution in [0.2, 0.25) is 0 Å². The van der Waals surface area contributed by atoms with E-state index in [-0.39, 0.29) is 17.4 Å². The van der Waals surface area contributed by atoms with E-state index in [1.807, 2.05) is 30.3 Å². The Balaban J connectivity index is 1.65. The van der Waals surface area contributed by atoms with E-state index in [1.54, 1.807) is 23.7 Å². The van der Waals surface area contributed by atoms with Gasteiger partial charge in [-0.3, -0.25) is 10.1 Å². The number of anilines is 1. The Morgan fingerprint density at radius 2 is 1.90 bits per heavy atom. The molecule has 0 aliphatic heterocycles. The second kappa shape index (κ2) is 9.17. The van der Waals surface area contributed by atoms with Crippen LogP contribution in [-0.4, -0.2) is 20.9 Å². The molecule has 4 aromatic rings. The summed E-state index contributed by atoms with van der Waals surface area (Å²) in [7, 11) is 0. The van der Waals surface area contributed by atoms with Gasteiger partial charge in [0.05, 0.1) is 0 Å². The van der Waals surface area contributed by atoms with E-state index >= 15 is 0 Å². The number of carbonyl (C=O) groups is 1. The van der Waals surface area contributed by atoms with Gasteiger partial charge in [0.1, 0.15) is 27.8 Å². The van der Waals surface area contributed by atoms with Crippen LogP contribution in [0.4, 0.5) is 9.52 Å². The number of hydrogen-bond donors (Lipinski definition) is 1. The molecule has 0 saturated heterocycles. The number of nitrogens with one attached hydrogen (secondary N) is 1. The number of thiazole rings is 1. The zero-order chi connectivity index (χ0) is 20.1. The van der Waals surface area contributed by atoms with E-state index in [1.165, 1.54) is 47.0 Å². The summed E-state index contributed by atoms with van der Waals surface area (Å²) in [5.41, 5.74) is 0.260. The fourth-order valence-electron chi connectivity index (χ4n) is 2.28. The van der Waals surface area contributed by atoms with Gasteiger partial charge in [0, 0.05) is 21.4 Å². The van der Waals surface area contributed by atoms with Gasteiger partial charge in [-0.2, -0.15) is 0 Å². The molecule has 1 radical (unpaired) electrons. The normalized spacial score (nSPS) is 10.7. The first-order valence-electron chi connectivity index (χ1n) is 8.34. The van der Waals surface area contributed by atoms with E-state index in [4.69, 9.17) is 0 Å². The van der Waals surface area contributed by atoms with Gasteiger partial charge in [-0.05, 0) is 48.5 Å². The van der Waals surface area contributed by atoms with Gasteiger partial charge in [0.25, 0.3) is 5.91 Å². The number of hydrogen-bond acceptors (Lipinski definition) is 7. The lowest BCUT2D eigenvalue weighted by atomic mass is 10.3. The number of nitrogens with zero attached hydrogens (tertiary/aromatic N) is 3. The summed E-state index contributed by atoms with van der Waals surface area (Å²) in [4.78, 5) is 27.1. The summed E-state index contributed by atoms with van der Waals surface area (Å²) in [6.07, 6.45) is 4.37. The van der Waals surface area contributed by atoms with Crippen LogP contribution in [0.5, 0.6) is 0 Å². The molecule has 0 saturated carbocycles. The van der Waals surface area contributed by atoms with Gasteiger partial charge >= 0.3 is 0 Å². The van der Waals surface area contributed by atoms with E-state index in [2.05, 4.69) is 26.5 Å². The minimum absolute atomic E-state index is 0.260. The van der Waals surface area contributed by atoms with E-state index in [0.29, 0.717) is 15.1 Å². The quantitative estimate of drug-likeness (QED) is 0.432. The lowest BCUT2D eigenvalue weighted by Gasteiger charge is -2.10. The molecule has 0 bridgehead atoms. The highest BCUT2D eigenvalue weighted by atomic mass is 32.2. The Morgan fingerprint density at radius 3 is 2.62 bits per heavy atom. The highest BCUT2D eigenvalue weighted by Gasteiger charge is 2.17. The van der Waals surface area contributed by atoms with Crippen molar-refractivity contribution in [3.05, 3.63) is 83.9 Å². The first kappa shape index (κ1) is 19.6. The van der Waals surface area contributed by atoms with Crippen LogP contribution in [0.1, 0.15) is 10.5 Å². The molecule has 5 nitrogen and oxygen atoms in total. The maximum absolute atomic E-state index is 13.2. The standard InChI is InChI=1S/C20H12FN4OS3/c21-13-4-6-14(7-5-13)28-15-8-9-17(29-16-3-1-2-10-22-16)24-18(15)19(26)25-20-23-11-12-27-20/h1-10,12H,(H,23,25,26). The maximum atomic E-state index is 13.2.